The topological polar surface area (TPSA) is 132 Å². The molecule has 0 aliphatic carbocycles. The SMILES string of the molecule is COc1cc(OC)cc(C(OC2=C(O)C(=O)O[C@@H]2[C@@H](O)CO)C(=O)c2ccc3ccccc3c2)c1. The number of ketones is 1. The number of methoxy groups -OCH3 is 2. The number of benzene rings is 3. The number of hydrogen-bond acceptors (Lipinski definition) is 9. The molecule has 3 aromatic rings. The number of ether oxygens (including phenoxy) is 4. The highest BCUT2D eigenvalue weighted by Crippen LogP contribution is 2.36. The molecule has 9 heteroatoms. The van der Waals surface area contributed by atoms with Crippen LogP contribution in [-0.2, 0) is 14.3 Å². The summed E-state index contributed by atoms with van der Waals surface area (Å²) in [4.78, 5) is 25.8. The Balaban J connectivity index is 1.82. The van der Waals surface area contributed by atoms with Crippen molar-refractivity contribution in [1.29, 1.82) is 0 Å². The minimum absolute atomic E-state index is 0.302. The molecule has 1 aliphatic rings. The van der Waals surface area contributed by atoms with Crippen LogP contribution in [0.5, 0.6) is 11.5 Å². The van der Waals surface area contributed by atoms with Gasteiger partial charge in [-0.1, -0.05) is 36.4 Å². The molecular weight excluding hydrogens is 456 g/mol. The van der Waals surface area contributed by atoms with Crippen molar-refractivity contribution in [2.45, 2.75) is 18.3 Å². The first kappa shape index (κ1) is 24.1. The molecule has 0 amide bonds. The smallest absolute Gasteiger partial charge is 0.378 e. The standard InChI is InChI=1S/C26H24O9/c1-32-18-10-17(11-19(12-18)33-2)23(34-25-22(30)26(31)35-24(25)20(28)13-27)21(29)16-8-7-14-5-3-4-6-15(14)9-16/h3-12,20,23-24,27-28,30H,13H2,1-2H3/t20-,23?,24+/m0/s1. The summed E-state index contributed by atoms with van der Waals surface area (Å²) in [5.74, 6) is -2.24. The molecule has 3 aromatic carbocycles. The van der Waals surface area contributed by atoms with Crippen LogP contribution in [-0.4, -0.2) is 60.1 Å². The number of Topliss-reactive ketones (excluding diaryl/α,β-unsaturated/α-hetero) is 1. The van der Waals surface area contributed by atoms with Gasteiger partial charge in [0.1, 0.15) is 17.6 Å². The first-order valence-electron chi connectivity index (χ1n) is 10.7. The van der Waals surface area contributed by atoms with Gasteiger partial charge in [0.05, 0.1) is 20.8 Å². The summed E-state index contributed by atoms with van der Waals surface area (Å²) in [7, 11) is 2.90. The van der Waals surface area contributed by atoms with E-state index in [0.717, 1.165) is 10.8 Å². The summed E-state index contributed by atoms with van der Waals surface area (Å²) in [5, 5.41) is 31.5. The van der Waals surface area contributed by atoms with E-state index in [0.29, 0.717) is 22.6 Å². The molecule has 1 unspecified atom stereocenters. The van der Waals surface area contributed by atoms with E-state index in [1.54, 1.807) is 36.4 Å². The average molecular weight is 480 g/mol. The summed E-state index contributed by atoms with van der Waals surface area (Å²) in [5.41, 5.74) is 0.608. The van der Waals surface area contributed by atoms with Crippen molar-refractivity contribution >= 4 is 22.5 Å². The van der Waals surface area contributed by atoms with E-state index in [9.17, 15) is 24.9 Å². The molecule has 0 radical (unpaired) electrons. The minimum Gasteiger partial charge on any atom is -0.499 e. The predicted molar refractivity (Wildman–Crippen MR) is 124 cm³/mol. The van der Waals surface area contributed by atoms with E-state index < -0.39 is 48.2 Å². The molecule has 0 aromatic heterocycles. The number of rotatable bonds is 9. The summed E-state index contributed by atoms with van der Waals surface area (Å²) < 4.78 is 21.5. The second-order valence-corrected chi connectivity index (χ2v) is 7.86. The molecule has 4 rings (SSSR count). The van der Waals surface area contributed by atoms with Crippen molar-refractivity contribution in [3.63, 3.8) is 0 Å². The molecule has 35 heavy (non-hydrogen) atoms. The van der Waals surface area contributed by atoms with Crippen LogP contribution in [0, 0.1) is 0 Å². The number of carbonyl (C=O) groups is 2. The zero-order valence-corrected chi connectivity index (χ0v) is 19.0. The van der Waals surface area contributed by atoms with Gasteiger partial charge in [-0.15, -0.1) is 0 Å². The van der Waals surface area contributed by atoms with E-state index in [1.165, 1.54) is 14.2 Å². The van der Waals surface area contributed by atoms with Gasteiger partial charge in [0.2, 0.25) is 11.5 Å². The molecule has 1 aliphatic heterocycles. The molecule has 0 bridgehead atoms. The zero-order chi connectivity index (χ0) is 25.1. The van der Waals surface area contributed by atoms with Crippen LogP contribution in [0.2, 0.25) is 0 Å². The van der Waals surface area contributed by atoms with Gasteiger partial charge in [-0.25, -0.2) is 4.79 Å². The van der Waals surface area contributed by atoms with Crippen molar-refractivity contribution < 1.29 is 43.9 Å². The second kappa shape index (κ2) is 10.0. The van der Waals surface area contributed by atoms with E-state index >= 15 is 0 Å². The molecule has 182 valence electrons. The number of carbonyl (C=O) groups excluding carboxylic acids is 2. The molecule has 0 spiro atoms. The first-order valence-corrected chi connectivity index (χ1v) is 10.7. The summed E-state index contributed by atoms with van der Waals surface area (Å²) in [6, 6.07) is 17.4. The van der Waals surface area contributed by atoms with E-state index in [-0.39, 0.29) is 0 Å². The third-order valence-corrected chi connectivity index (χ3v) is 5.65. The highest BCUT2D eigenvalue weighted by Gasteiger charge is 2.43. The molecule has 0 fully saturated rings. The maximum atomic E-state index is 13.8. The van der Waals surface area contributed by atoms with Gasteiger partial charge in [0.25, 0.3) is 0 Å². The number of aliphatic hydroxyl groups is 3. The van der Waals surface area contributed by atoms with Crippen LogP contribution in [0.15, 0.2) is 72.2 Å². The van der Waals surface area contributed by atoms with Gasteiger partial charge in [-0.2, -0.15) is 0 Å². The molecule has 0 saturated heterocycles. The second-order valence-electron chi connectivity index (χ2n) is 7.86. The fourth-order valence-electron chi connectivity index (χ4n) is 3.81. The van der Waals surface area contributed by atoms with Crippen molar-refractivity contribution in [3.05, 3.63) is 83.3 Å². The van der Waals surface area contributed by atoms with E-state index in [1.807, 2.05) is 24.3 Å². The quantitative estimate of drug-likeness (QED) is 0.312. The molecule has 9 nitrogen and oxygen atoms in total. The number of fused-ring (bicyclic) bond motifs is 1. The van der Waals surface area contributed by atoms with Crippen molar-refractivity contribution in [3.8, 4) is 11.5 Å². The van der Waals surface area contributed by atoms with Crippen LogP contribution in [0.4, 0.5) is 0 Å². The highest BCUT2D eigenvalue weighted by molar-refractivity contribution is 6.03. The number of aliphatic hydroxyl groups excluding tert-OH is 3. The van der Waals surface area contributed by atoms with Gasteiger partial charge in [0, 0.05) is 17.2 Å². The predicted octanol–water partition coefficient (Wildman–Crippen LogP) is 2.85. The fraction of sp³-hybridized carbons (Fsp3) is 0.231. The minimum atomic E-state index is -1.57. The molecule has 3 atom stereocenters. The molecular formula is C26H24O9. The Morgan fingerprint density at radius 3 is 2.29 bits per heavy atom. The van der Waals surface area contributed by atoms with Gasteiger partial charge >= 0.3 is 5.97 Å². The number of cyclic esters (lactones) is 1. The Kier molecular flexibility index (Phi) is 6.90. The molecule has 1 heterocycles. The Morgan fingerprint density at radius 2 is 1.66 bits per heavy atom. The highest BCUT2D eigenvalue weighted by atomic mass is 16.6. The monoisotopic (exact) mass is 480 g/mol. The first-order chi connectivity index (χ1) is 16.9. The van der Waals surface area contributed by atoms with Crippen LogP contribution in [0.25, 0.3) is 10.8 Å². The Hall–Kier alpha value is -4.08. The largest absolute Gasteiger partial charge is 0.499 e. The fourth-order valence-corrected chi connectivity index (χ4v) is 3.81. The average Bonchev–Trinajstić information content (AvgIpc) is 3.18. The van der Waals surface area contributed by atoms with Crippen molar-refractivity contribution in [2.24, 2.45) is 0 Å². The summed E-state index contributed by atoms with van der Waals surface area (Å²) >= 11 is 0. The maximum absolute atomic E-state index is 13.8. The van der Waals surface area contributed by atoms with Gasteiger partial charge < -0.3 is 34.3 Å². The summed E-state index contributed by atoms with van der Waals surface area (Å²) in [6.45, 7) is -0.769. The van der Waals surface area contributed by atoms with Gasteiger partial charge in [-0.3, -0.25) is 4.79 Å². The molecule has 0 saturated carbocycles. The Morgan fingerprint density at radius 1 is 1.00 bits per heavy atom. The van der Waals surface area contributed by atoms with Crippen LogP contribution >= 0.6 is 0 Å². The van der Waals surface area contributed by atoms with Gasteiger partial charge in [0.15, 0.2) is 18.0 Å². The van der Waals surface area contributed by atoms with E-state index in [4.69, 9.17) is 18.9 Å². The third-order valence-electron chi connectivity index (χ3n) is 5.65. The number of hydrogen-bond donors (Lipinski definition) is 3. The van der Waals surface area contributed by atoms with Crippen LogP contribution < -0.4 is 9.47 Å². The van der Waals surface area contributed by atoms with Crippen molar-refractivity contribution in [1.82, 2.24) is 0 Å². The van der Waals surface area contributed by atoms with Crippen LogP contribution in [0.3, 0.4) is 0 Å². The normalized spacial score (nSPS) is 17.1. The Labute approximate surface area is 200 Å². The zero-order valence-electron chi connectivity index (χ0n) is 19.0. The lowest BCUT2D eigenvalue weighted by Gasteiger charge is -2.24. The van der Waals surface area contributed by atoms with Gasteiger partial charge in [-0.05, 0) is 29.0 Å². The maximum Gasteiger partial charge on any atom is 0.378 e. The lowest BCUT2D eigenvalue weighted by molar-refractivity contribution is -0.148. The lowest BCUT2D eigenvalue weighted by atomic mass is 9.97. The summed E-state index contributed by atoms with van der Waals surface area (Å²) in [6.07, 6.45) is -4.46. The Bertz CT molecular complexity index is 1270. The number of esters is 1. The van der Waals surface area contributed by atoms with E-state index in [2.05, 4.69) is 0 Å². The third kappa shape index (κ3) is 4.77. The molecule has 3 N–H and O–H groups in total. The lowest BCUT2D eigenvalue weighted by Crippen LogP contribution is -2.33. The van der Waals surface area contributed by atoms with Crippen molar-refractivity contribution in [2.75, 3.05) is 20.8 Å². The van der Waals surface area contributed by atoms with Crippen LogP contribution in [0.1, 0.15) is 22.0 Å².